The van der Waals surface area contributed by atoms with Gasteiger partial charge in [0.15, 0.2) is 0 Å². The van der Waals surface area contributed by atoms with Gasteiger partial charge in [0.05, 0.1) is 16.6 Å². The molecule has 0 fully saturated rings. The molecule has 2 rings (SSSR count). The fourth-order valence-corrected chi connectivity index (χ4v) is 2.73. The monoisotopic (exact) mass is 280 g/mol. The lowest BCUT2D eigenvalue weighted by molar-refractivity contribution is 0.0936. The van der Waals surface area contributed by atoms with Gasteiger partial charge in [-0.3, -0.25) is 9.78 Å². The first-order valence-electron chi connectivity index (χ1n) is 5.66. The molecule has 1 N–H and O–H groups in total. The van der Waals surface area contributed by atoms with Crippen LogP contribution < -0.4 is 5.32 Å². The van der Waals surface area contributed by atoms with Crippen molar-refractivity contribution >= 4 is 28.8 Å². The van der Waals surface area contributed by atoms with Crippen molar-refractivity contribution in [3.63, 3.8) is 0 Å². The highest BCUT2D eigenvalue weighted by Gasteiger charge is 2.16. The lowest BCUT2D eigenvalue weighted by Gasteiger charge is -2.15. The van der Waals surface area contributed by atoms with E-state index < -0.39 is 0 Å². The average Bonchev–Trinajstić information content (AvgIpc) is 2.90. The Morgan fingerprint density at radius 3 is 3.00 bits per heavy atom. The number of halogens is 1. The number of nitrogens with zero attached hydrogens (tertiary/aromatic N) is 1. The van der Waals surface area contributed by atoms with E-state index in [1.807, 2.05) is 24.4 Å². The molecule has 2 heterocycles. The molecular weight excluding hydrogens is 268 g/mol. The van der Waals surface area contributed by atoms with Gasteiger partial charge in [0.2, 0.25) is 0 Å². The second-order valence-corrected chi connectivity index (χ2v) is 5.19. The average molecular weight is 281 g/mol. The Morgan fingerprint density at radius 1 is 1.56 bits per heavy atom. The molecule has 1 amide bonds. The van der Waals surface area contributed by atoms with Crippen molar-refractivity contribution in [2.75, 3.05) is 0 Å². The molecule has 2 aromatic rings. The summed E-state index contributed by atoms with van der Waals surface area (Å²) in [5, 5.41) is 5.36. The first kappa shape index (κ1) is 13.1. The Morgan fingerprint density at radius 2 is 2.39 bits per heavy atom. The predicted molar refractivity (Wildman–Crippen MR) is 74.1 cm³/mol. The van der Waals surface area contributed by atoms with Crippen LogP contribution in [0.4, 0.5) is 0 Å². The first-order valence-corrected chi connectivity index (χ1v) is 6.92. The Bertz CT molecular complexity index is 528. The number of thiophene rings is 1. The Labute approximate surface area is 115 Å². The summed E-state index contributed by atoms with van der Waals surface area (Å²) >= 11 is 7.59. The highest BCUT2D eigenvalue weighted by molar-refractivity contribution is 7.10. The van der Waals surface area contributed by atoms with Crippen molar-refractivity contribution in [1.82, 2.24) is 10.3 Å². The maximum absolute atomic E-state index is 12.1. The van der Waals surface area contributed by atoms with Crippen molar-refractivity contribution < 1.29 is 4.79 Å². The lowest BCUT2D eigenvalue weighted by Crippen LogP contribution is -2.27. The summed E-state index contributed by atoms with van der Waals surface area (Å²) < 4.78 is 0. The van der Waals surface area contributed by atoms with Gasteiger partial charge in [-0.05, 0) is 23.9 Å². The second-order valence-electron chi connectivity index (χ2n) is 3.81. The van der Waals surface area contributed by atoms with Crippen LogP contribution in [0.2, 0.25) is 5.02 Å². The number of pyridine rings is 1. The molecule has 0 aliphatic heterocycles. The number of rotatable bonds is 4. The largest absolute Gasteiger partial charge is 0.344 e. The SMILES string of the molecule is CCC(NC(=O)c1ccncc1Cl)c1cccs1. The molecular formula is C13H13ClN2OS. The van der Waals surface area contributed by atoms with E-state index in [1.54, 1.807) is 23.6 Å². The van der Waals surface area contributed by atoms with Crippen molar-refractivity contribution in [1.29, 1.82) is 0 Å². The molecule has 0 aliphatic rings. The summed E-state index contributed by atoms with van der Waals surface area (Å²) in [6.45, 7) is 2.04. The van der Waals surface area contributed by atoms with Crippen molar-refractivity contribution in [3.8, 4) is 0 Å². The van der Waals surface area contributed by atoms with Gasteiger partial charge in [0.25, 0.3) is 5.91 Å². The lowest BCUT2D eigenvalue weighted by atomic mass is 10.1. The summed E-state index contributed by atoms with van der Waals surface area (Å²) in [5.74, 6) is -0.164. The van der Waals surface area contributed by atoms with E-state index in [-0.39, 0.29) is 11.9 Å². The third-order valence-corrected chi connectivity index (χ3v) is 3.90. The van der Waals surface area contributed by atoms with E-state index in [0.717, 1.165) is 11.3 Å². The van der Waals surface area contributed by atoms with Crippen molar-refractivity contribution in [2.24, 2.45) is 0 Å². The van der Waals surface area contributed by atoms with Crippen LogP contribution in [0.1, 0.15) is 34.6 Å². The Balaban J connectivity index is 2.14. The minimum Gasteiger partial charge on any atom is -0.344 e. The van der Waals surface area contributed by atoms with E-state index in [4.69, 9.17) is 11.6 Å². The summed E-state index contributed by atoms with van der Waals surface area (Å²) in [5.41, 5.74) is 0.460. The molecule has 18 heavy (non-hydrogen) atoms. The fourth-order valence-electron chi connectivity index (χ4n) is 1.66. The number of carbonyl (C=O) groups excluding carboxylic acids is 1. The van der Waals surface area contributed by atoms with Gasteiger partial charge in [-0.15, -0.1) is 11.3 Å². The highest BCUT2D eigenvalue weighted by Crippen LogP contribution is 2.23. The summed E-state index contributed by atoms with van der Waals surface area (Å²) in [4.78, 5) is 17.1. The number of amides is 1. The number of carbonyl (C=O) groups is 1. The molecule has 3 nitrogen and oxygen atoms in total. The van der Waals surface area contributed by atoms with E-state index in [0.29, 0.717) is 10.6 Å². The fraction of sp³-hybridized carbons (Fsp3) is 0.231. The van der Waals surface area contributed by atoms with E-state index >= 15 is 0 Å². The maximum atomic E-state index is 12.1. The van der Waals surface area contributed by atoms with Gasteiger partial charge in [0, 0.05) is 17.3 Å². The zero-order valence-electron chi connectivity index (χ0n) is 9.89. The smallest absolute Gasteiger partial charge is 0.253 e. The zero-order valence-corrected chi connectivity index (χ0v) is 11.5. The van der Waals surface area contributed by atoms with Crippen LogP contribution in [-0.4, -0.2) is 10.9 Å². The minimum absolute atomic E-state index is 0.0294. The summed E-state index contributed by atoms with van der Waals surface area (Å²) in [7, 11) is 0. The zero-order chi connectivity index (χ0) is 13.0. The van der Waals surface area contributed by atoms with Crippen LogP contribution in [0.5, 0.6) is 0 Å². The number of hydrogen-bond donors (Lipinski definition) is 1. The van der Waals surface area contributed by atoms with Crippen molar-refractivity contribution in [2.45, 2.75) is 19.4 Å². The van der Waals surface area contributed by atoms with Crippen LogP contribution in [-0.2, 0) is 0 Å². The summed E-state index contributed by atoms with van der Waals surface area (Å²) in [6, 6.07) is 5.65. The minimum atomic E-state index is -0.164. The van der Waals surface area contributed by atoms with Gasteiger partial charge in [-0.25, -0.2) is 0 Å². The van der Waals surface area contributed by atoms with Crippen LogP contribution in [0.25, 0.3) is 0 Å². The molecule has 0 bridgehead atoms. The summed E-state index contributed by atoms with van der Waals surface area (Å²) in [6.07, 6.45) is 3.88. The molecule has 0 spiro atoms. The molecule has 0 saturated heterocycles. The number of nitrogens with one attached hydrogen (secondary N) is 1. The van der Waals surface area contributed by atoms with E-state index in [9.17, 15) is 4.79 Å². The normalized spacial score (nSPS) is 12.1. The standard InChI is InChI=1S/C13H13ClN2OS/c1-2-11(12-4-3-7-18-12)16-13(17)9-5-6-15-8-10(9)14/h3-8,11H,2H2,1H3,(H,16,17). The second kappa shape index (κ2) is 5.98. The van der Waals surface area contributed by atoms with Gasteiger partial charge >= 0.3 is 0 Å². The molecule has 94 valence electrons. The van der Waals surface area contributed by atoms with Gasteiger partial charge in [0.1, 0.15) is 0 Å². The molecule has 1 atom stereocenters. The predicted octanol–water partition coefficient (Wildman–Crippen LogP) is 3.68. The molecule has 0 radical (unpaired) electrons. The first-order chi connectivity index (χ1) is 8.72. The third-order valence-electron chi connectivity index (χ3n) is 2.62. The van der Waals surface area contributed by atoms with Crippen molar-refractivity contribution in [3.05, 3.63) is 51.4 Å². The Kier molecular flexibility index (Phi) is 4.33. The molecule has 0 aromatic carbocycles. The molecule has 5 heteroatoms. The van der Waals surface area contributed by atoms with Gasteiger partial charge in [-0.2, -0.15) is 0 Å². The molecule has 1 unspecified atom stereocenters. The van der Waals surface area contributed by atoms with Crippen LogP contribution >= 0.6 is 22.9 Å². The topological polar surface area (TPSA) is 42.0 Å². The maximum Gasteiger partial charge on any atom is 0.253 e. The number of aromatic nitrogens is 1. The number of hydrogen-bond acceptors (Lipinski definition) is 3. The van der Waals surface area contributed by atoms with Gasteiger partial charge in [-0.1, -0.05) is 24.6 Å². The van der Waals surface area contributed by atoms with Crippen LogP contribution in [0.3, 0.4) is 0 Å². The van der Waals surface area contributed by atoms with E-state index in [1.165, 1.54) is 6.20 Å². The van der Waals surface area contributed by atoms with Crippen LogP contribution in [0, 0.1) is 0 Å². The third kappa shape index (κ3) is 2.89. The quantitative estimate of drug-likeness (QED) is 0.928. The molecule has 2 aromatic heterocycles. The van der Waals surface area contributed by atoms with Gasteiger partial charge < -0.3 is 5.32 Å². The Hall–Kier alpha value is -1.39. The van der Waals surface area contributed by atoms with Crippen LogP contribution in [0.15, 0.2) is 36.0 Å². The van der Waals surface area contributed by atoms with E-state index in [2.05, 4.69) is 10.3 Å². The molecule has 0 aliphatic carbocycles. The molecule has 0 saturated carbocycles. The highest BCUT2D eigenvalue weighted by atomic mass is 35.5.